The maximum Gasteiger partial charge on any atom is 0.251 e. The number of hydrogen-bond donors (Lipinski definition) is 1. The molecule has 0 spiro atoms. The summed E-state index contributed by atoms with van der Waals surface area (Å²) in [6.45, 7) is 5.61. The molecule has 0 saturated heterocycles. The molecule has 4 nitrogen and oxygen atoms in total. The number of benzene rings is 2. The highest BCUT2D eigenvalue weighted by molar-refractivity contribution is 5.94. The largest absolute Gasteiger partial charge is 0.348 e. The van der Waals surface area contributed by atoms with E-state index in [0.717, 1.165) is 12.1 Å². The van der Waals surface area contributed by atoms with Crippen LogP contribution in [0.1, 0.15) is 46.8 Å². The van der Waals surface area contributed by atoms with Crippen LogP contribution >= 0.6 is 0 Å². The molecule has 0 bridgehead atoms. The number of carbonyl (C=O) groups is 1. The Bertz CT molecular complexity index is 803. The molecule has 1 heterocycles. The molecule has 25 heavy (non-hydrogen) atoms. The van der Waals surface area contributed by atoms with Gasteiger partial charge in [-0.2, -0.15) is 0 Å². The molecular weight excluding hydrogens is 310 g/mol. The van der Waals surface area contributed by atoms with Crippen molar-refractivity contribution in [1.82, 2.24) is 14.9 Å². The van der Waals surface area contributed by atoms with Gasteiger partial charge >= 0.3 is 0 Å². The minimum absolute atomic E-state index is 0.0437. The van der Waals surface area contributed by atoms with Crippen LogP contribution in [0.5, 0.6) is 0 Å². The highest BCUT2D eigenvalue weighted by atomic mass is 16.1. The Balaban J connectivity index is 1.54. The quantitative estimate of drug-likeness (QED) is 0.741. The van der Waals surface area contributed by atoms with Crippen molar-refractivity contribution in [2.75, 3.05) is 0 Å². The molecule has 0 aliphatic heterocycles. The van der Waals surface area contributed by atoms with Crippen LogP contribution in [0.15, 0.2) is 67.3 Å². The van der Waals surface area contributed by atoms with E-state index in [0.29, 0.717) is 18.0 Å². The molecule has 0 aliphatic rings. The maximum atomic E-state index is 12.3. The number of imidazole rings is 1. The lowest BCUT2D eigenvalue weighted by atomic mass is 10.0. The molecule has 0 aliphatic carbocycles. The van der Waals surface area contributed by atoms with E-state index in [1.54, 1.807) is 12.5 Å². The predicted molar refractivity (Wildman–Crippen MR) is 99.5 cm³/mol. The zero-order valence-electron chi connectivity index (χ0n) is 14.6. The Morgan fingerprint density at radius 1 is 1.04 bits per heavy atom. The van der Waals surface area contributed by atoms with E-state index in [-0.39, 0.29) is 5.91 Å². The first-order valence-electron chi connectivity index (χ1n) is 8.53. The van der Waals surface area contributed by atoms with Crippen molar-refractivity contribution < 1.29 is 4.79 Å². The van der Waals surface area contributed by atoms with Crippen LogP contribution in [0.4, 0.5) is 0 Å². The third-order valence-electron chi connectivity index (χ3n) is 4.24. The second-order valence-electron chi connectivity index (χ2n) is 6.51. The summed E-state index contributed by atoms with van der Waals surface area (Å²) in [5.41, 5.74) is 4.23. The van der Waals surface area contributed by atoms with Crippen LogP contribution in [-0.2, 0) is 13.1 Å². The first kappa shape index (κ1) is 17.0. The van der Waals surface area contributed by atoms with Gasteiger partial charge in [0.1, 0.15) is 0 Å². The first-order chi connectivity index (χ1) is 12.1. The molecule has 3 rings (SSSR count). The van der Waals surface area contributed by atoms with E-state index < -0.39 is 0 Å². The van der Waals surface area contributed by atoms with Gasteiger partial charge in [-0.25, -0.2) is 4.98 Å². The summed E-state index contributed by atoms with van der Waals surface area (Å²) in [6, 6.07) is 16.1. The van der Waals surface area contributed by atoms with E-state index in [1.807, 2.05) is 35.0 Å². The van der Waals surface area contributed by atoms with Gasteiger partial charge in [-0.05, 0) is 34.7 Å². The fourth-order valence-corrected chi connectivity index (χ4v) is 2.66. The molecule has 0 fully saturated rings. The van der Waals surface area contributed by atoms with Crippen molar-refractivity contribution in [2.45, 2.75) is 32.9 Å². The SMILES string of the molecule is CC(C)c1ccc(C(=O)NCc2ccc(Cn3ccnc3)cc2)cc1. The standard InChI is InChI=1S/C21H23N3O/c1-16(2)19-7-9-20(10-8-19)21(25)23-13-17-3-5-18(6-4-17)14-24-12-11-22-15-24/h3-12,15-16H,13-14H2,1-2H3,(H,23,25). The van der Waals surface area contributed by atoms with Crippen LogP contribution in [-0.4, -0.2) is 15.5 Å². The second-order valence-corrected chi connectivity index (χ2v) is 6.51. The van der Waals surface area contributed by atoms with Gasteiger partial charge in [-0.1, -0.05) is 50.2 Å². The van der Waals surface area contributed by atoms with E-state index >= 15 is 0 Å². The van der Waals surface area contributed by atoms with Gasteiger partial charge < -0.3 is 9.88 Å². The number of nitrogens with one attached hydrogen (secondary N) is 1. The lowest BCUT2D eigenvalue weighted by molar-refractivity contribution is 0.0951. The summed E-state index contributed by atoms with van der Waals surface area (Å²) >= 11 is 0. The van der Waals surface area contributed by atoms with E-state index in [2.05, 4.69) is 48.4 Å². The zero-order chi connectivity index (χ0) is 17.6. The number of rotatable bonds is 6. The smallest absolute Gasteiger partial charge is 0.251 e. The lowest BCUT2D eigenvalue weighted by Crippen LogP contribution is -2.22. The molecule has 0 atom stereocenters. The van der Waals surface area contributed by atoms with Crippen molar-refractivity contribution in [3.63, 3.8) is 0 Å². The van der Waals surface area contributed by atoms with Crippen LogP contribution in [0.3, 0.4) is 0 Å². The minimum atomic E-state index is -0.0437. The van der Waals surface area contributed by atoms with Gasteiger partial charge in [-0.15, -0.1) is 0 Å². The molecule has 2 aromatic carbocycles. The molecule has 0 radical (unpaired) electrons. The Morgan fingerprint density at radius 2 is 1.72 bits per heavy atom. The van der Waals surface area contributed by atoms with Crippen LogP contribution in [0.25, 0.3) is 0 Å². The van der Waals surface area contributed by atoms with E-state index in [1.165, 1.54) is 11.1 Å². The summed E-state index contributed by atoms with van der Waals surface area (Å²) in [4.78, 5) is 16.3. The highest BCUT2D eigenvalue weighted by Gasteiger charge is 2.06. The number of aromatic nitrogens is 2. The number of hydrogen-bond acceptors (Lipinski definition) is 2. The number of amides is 1. The molecule has 4 heteroatoms. The average molecular weight is 333 g/mol. The van der Waals surface area contributed by atoms with Crippen molar-refractivity contribution >= 4 is 5.91 Å². The fraction of sp³-hybridized carbons (Fsp3) is 0.238. The third kappa shape index (κ3) is 4.57. The van der Waals surface area contributed by atoms with E-state index in [4.69, 9.17) is 0 Å². The Kier molecular flexibility index (Phi) is 5.29. The van der Waals surface area contributed by atoms with Crippen molar-refractivity contribution in [2.24, 2.45) is 0 Å². The molecule has 1 N–H and O–H groups in total. The summed E-state index contributed by atoms with van der Waals surface area (Å²) in [5.74, 6) is 0.427. The third-order valence-corrected chi connectivity index (χ3v) is 4.24. The topological polar surface area (TPSA) is 46.9 Å². The van der Waals surface area contributed by atoms with Gasteiger partial charge in [0.2, 0.25) is 0 Å². The maximum absolute atomic E-state index is 12.3. The summed E-state index contributed by atoms with van der Waals surface area (Å²) in [7, 11) is 0. The monoisotopic (exact) mass is 333 g/mol. The van der Waals surface area contributed by atoms with Crippen molar-refractivity contribution in [3.05, 3.63) is 89.5 Å². The van der Waals surface area contributed by atoms with Crippen molar-refractivity contribution in [1.29, 1.82) is 0 Å². The molecule has 1 amide bonds. The molecule has 128 valence electrons. The summed E-state index contributed by atoms with van der Waals surface area (Å²) < 4.78 is 2.03. The predicted octanol–water partition coefficient (Wildman–Crippen LogP) is 3.98. The fourth-order valence-electron chi connectivity index (χ4n) is 2.66. The van der Waals surface area contributed by atoms with Crippen LogP contribution in [0.2, 0.25) is 0 Å². The Hall–Kier alpha value is -2.88. The number of carbonyl (C=O) groups excluding carboxylic acids is 1. The summed E-state index contributed by atoms with van der Waals surface area (Å²) in [5, 5.41) is 2.97. The molecule has 0 saturated carbocycles. The molecule has 3 aromatic rings. The minimum Gasteiger partial charge on any atom is -0.348 e. The second kappa shape index (κ2) is 7.79. The van der Waals surface area contributed by atoms with Gasteiger partial charge in [0.15, 0.2) is 0 Å². The highest BCUT2D eigenvalue weighted by Crippen LogP contribution is 2.14. The molecule has 1 aromatic heterocycles. The lowest BCUT2D eigenvalue weighted by Gasteiger charge is -2.09. The van der Waals surface area contributed by atoms with E-state index in [9.17, 15) is 4.79 Å². The zero-order valence-corrected chi connectivity index (χ0v) is 14.6. The van der Waals surface area contributed by atoms with Gasteiger partial charge in [0.05, 0.1) is 6.33 Å². The Labute approximate surface area is 148 Å². The van der Waals surface area contributed by atoms with Crippen molar-refractivity contribution in [3.8, 4) is 0 Å². The van der Waals surface area contributed by atoms with Gasteiger partial charge in [-0.3, -0.25) is 4.79 Å². The molecule has 0 unspecified atom stereocenters. The normalized spacial score (nSPS) is 10.8. The summed E-state index contributed by atoms with van der Waals surface area (Å²) in [6.07, 6.45) is 5.52. The Morgan fingerprint density at radius 3 is 2.32 bits per heavy atom. The van der Waals surface area contributed by atoms with Gasteiger partial charge in [0.25, 0.3) is 5.91 Å². The number of nitrogens with zero attached hydrogens (tertiary/aromatic N) is 2. The molecular formula is C21H23N3O. The van der Waals surface area contributed by atoms with Crippen LogP contribution < -0.4 is 5.32 Å². The first-order valence-corrected chi connectivity index (χ1v) is 8.53. The van der Waals surface area contributed by atoms with Gasteiger partial charge in [0, 0.05) is 31.0 Å². The van der Waals surface area contributed by atoms with Crippen LogP contribution in [0, 0.1) is 0 Å². The average Bonchev–Trinajstić information content (AvgIpc) is 3.14.